The highest BCUT2D eigenvalue weighted by atomic mass is 127. The van der Waals surface area contributed by atoms with E-state index in [0.717, 1.165) is 9.99 Å². The highest BCUT2D eigenvalue weighted by Gasteiger charge is 2.10. The van der Waals surface area contributed by atoms with Crippen molar-refractivity contribution >= 4 is 28.4 Å². The Balaban J connectivity index is 2.21. The highest BCUT2D eigenvalue weighted by molar-refractivity contribution is 14.1. The van der Waals surface area contributed by atoms with Gasteiger partial charge in [0.25, 0.3) is 0 Å². The summed E-state index contributed by atoms with van der Waals surface area (Å²) in [7, 11) is 0. The van der Waals surface area contributed by atoms with E-state index in [1.165, 1.54) is 0 Å². The van der Waals surface area contributed by atoms with E-state index < -0.39 is 0 Å². The fraction of sp³-hybridized carbons (Fsp3) is 0.200. The summed E-state index contributed by atoms with van der Waals surface area (Å²) in [5.41, 5.74) is 1.21. The predicted octanol–water partition coefficient (Wildman–Crippen LogP) is 3.71. The average molecular weight is 367 g/mol. The van der Waals surface area contributed by atoms with Crippen LogP contribution in [0.5, 0.6) is 5.75 Å². The number of pyridine rings is 1. The molecule has 0 radical (unpaired) electrons. The lowest BCUT2D eigenvalue weighted by Crippen LogP contribution is -2.03. The van der Waals surface area contributed by atoms with Crippen molar-refractivity contribution in [3.05, 3.63) is 57.4 Å². The molecule has 3 nitrogen and oxygen atoms in total. The molecule has 0 spiro atoms. The minimum Gasteiger partial charge on any atom is -0.492 e. The molecule has 0 aliphatic carbocycles. The Morgan fingerprint density at radius 2 is 1.95 bits per heavy atom. The van der Waals surface area contributed by atoms with Gasteiger partial charge in [-0.2, -0.15) is 0 Å². The lowest BCUT2D eigenvalue weighted by molar-refractivity contribution is 0.103. The second kappa shape index (κ2) is 6.65. The molecule has 0 aliphatic heterocycles. The van der Waals surface area contributed by atoms with Crippen molar-refractivity contribution in [3.63, 3.8) is 0 Å². The summed E-state index contributed by atoms with van der Waals surface area (Å²) in [6.07, 6.45) is 4.12. The van der Waals surface area contributed by atoms with E-state index in [4.69, 9.17) is 4.74 Å². The molecule has 98 valence electrons. The van der Waals surface area contributed by atoms with Crippen LogP contribution in [0.2, 0.25) is 0 Å². The van der Waals surface area contributed by atoms with Crippen LogP contribution in [-0.2, 0) is 0 Å². The maximum Gasteiger partial charge on any atom is 0.194 e. The van der Waals surface area contributed by atoms with Crippen molar-refractivity contribution < 1.29 is 9.53 Å². The standard InChI is InChI=1S/C15H14INO2/c1-2-7-19-14-8-12(9-17-10-14)15(18)11-3-5-13(16)6-4-11/h3-6,8-10H,2,7H2,1H3. The molecule has 0 amide bonds. The van der Waals surface area contributed by atoms with Gasteiger partial charge in [0.2, 0.25) is 0 Å². The number of halogens is 1. The zero-order valence-electron chi connectivity index (χ0n) is 10.6. The first kappa shape index (κ1) is 14.0. The molecule has 0 bridgehead atoms. The molecule has 0 unspecified atom stereocenters. The smallest absolute Gasteiger partial charge is 0.194 e. The minimum absolute atomic E-state index is 0.0363. The molecule has 0 saturated carbocycles. The number of rotatable bonds is 5. The molecule has 0 aliphatic rings. The third-order valence-corrected chi connectivity index (χ3v) is 3.27. The molecule has 19 heavy (non-hydrogen) atoms. The van der Waals surface area contributed by atoms with Crippen molar-refractivity contribution in [2.24, 2.45) is 0 Å². The Morgan fingerprint density at radius 3 is 2.63 bits per heavy atom. The number of carbonyl (C=O) groups is 1. The number of hydrogen-bond acceptors (Lipinski definition) is 3. The van der Waals surface area contributed by atoms with Crippen molar-refractivity contribution in [3.8, 4) is 5.75 Å². The van der Waals surface area contributed by atoms with Gasteiger partial charge in [-0.3, -0.25) is 9.78 Å². The van der Waals surface area contributed by atoms with E-state index in [0.29, 0.717) is 23.5 Å². The van der Waals surface area contributed by atoms with Crippen LogP contribution in [0.4, 0.5) is 0 Å². The van der Waals surface area contributed by atoms with E-state index in [1.54, 1.807) is 18.5 Å². The van der Waals surface area contributed by atoms with Gasteiger partial charge in [0, 0.05) is 20.9 Å². The van der Waals surface area contributed by atoms with Crippen molar-refractivity contribution in [2.45, 2.75) is 13.3 Å². The zero-order chi connectivity index (χ0) is 13.7. The number of hydrogen-bond donors (Lipinski definition) is 0. The average Bonchev–Trinajstić information content (AvgIpc) is 2.45. The van der Waals surface area contributed by atoms with Crippen molar-refractivity contribution in [1.29, 1.82) is 0 Å². The quantitative estimate of drug-likeness (QED) is 0.598. The van der Waals surface area contributed by atoms with Crippen LogP contribution < -0.4 is 4.74 Å². The number of benzene rings is 1. The fourth-order valence-electron chi connectivity index (χ4n) is 1.61. The highest BCUT2D eigenvalue weighted by Crippen LogP contribution is 2.16. The van der Waals surface area contributed by atoms with Gasteiger partial charge in [-0.15, -0.1) is 0 Å². The van der Waals surface area contributed by atoms with E-state index in [1.807, 2.05) is 31.2 Å². The molecular formula is C15H14INO2. The molecule has 0 saturated heterocycles. The maximum absolute atomic E-state index is 12.3. The summed E-state index contributed by atoms with van der Waals surface area (Å²) in [6.45, 7) is 2.66. The third kappa shape index (κ3) is 3.76. The molecule has 1 aromatic heterocycles. The molecule has 4 heteroatoms. The molecule has 0 fully saturated rings. The molecule has 2 rings (SSSR count). The second-order valence-electron chi connectivity index (χ2n) is 4.09. The van der Waals surface area contributed by atoms with Gasteiger partial charge in [0.05, 0.1) is 12.8 Å². The molecular weight excluding hydrogens is 353 g/mol. The number of carbonyl (C=O) groups excluding carboxylic acids is 1. The van der Waals surface area contributed by atoms with Gasteiger partial charge >= 0.3 is 0 Å². The fourth-order valence-corrected chi connectivity index (χ4v) is 1.97. The van der Waals surface area contributed by atoms with Gasteiger partial charge < -0.3 is 4.74 Å². The number of ether oxygens (including phenoxy) is 1. The third-order valence-electron chi connectivity index (χ3n) is 2.55. The number of aromatic nitrogens is 1. The molecule has 1 aromatic carbocycles. The van der Waals surface area contributed by atoms with E-state index >= 15 is 0 Å². The monoisotopic (exact) mass is 367 g/mol. The summed E-state index contributed by atoms with van der Waals surface area (Å²) < 4.78 is 6.59. The van der Waals surface area contributed by atoms with E-state index in [2.05, 4.69) is 27.6 Å². The molecule has 0 N–H and O–H groups in total. The molecule has 1 heterocycles. The lowest BCUT2D eigenvalue weighted by atomic mass is 10.1. The SMILES string of the molecule is CCCOc1cncc(C(=O)c2ccc(I)cc2)c1. The second-order valence-corrected chi connectivity index (χ2v) is 5.34. The maximum atomic E-state index is 12.3. The summed E-state index contributed by atoms with van der Waals surface area (Å²) in [4.78, 5) is 16.3. The Bertz CT molecular complexity index is 567. The summed E-state index contributed by atoms with van der Waals surface area (Å²) >= 11 is 2.21. The van der Waals surface area contributed by atoms with Crippen LogP contribution >= 0.6 is 22.6 Å². The first-order valence-corrected chi connectivity index (χ1v) is 7.16. The lowest BCUT2D eigenvalue weighted by Gasteiger charge is -2.06. The van der Waals surface area contributed by atoms with Crippen LogP contribution in [0.3, 0.4) is 0 Å². The number of nitrogens with zero attached hydrogens (tertiary/aromatic N) is 1. The predicted molar refractivity (Wildman–Crippen MR) is 82.6 cm³/mol. The Hall–Kier alpha value is -1.43. The van der Waals surface area contributed by atoms with Crippen molar-refractivity contribution in [2.75, 3.05) is 6.61 Å². The van der Waals surface area contributed by atoms with Gasteiger partial charge in [-0.1, -0.05) is 6.92 Å². The zero-order valence-corrected chi connectivity index (χ0v) is 12.8. The van der Waals surface area contributed by atoms with Crippen LogP contribution in [0, 0.1) is 3.57 Å². The van der Waals surface area contributed by atoms with E-state index in [9.17, 15) is 4.79 Å². The Labute approximate surface area is 126 Å². The van der Waals surface area contributed by atoms with Gasteiger partial charge in [0.15, 0.2) is 5.78 Å². The van der Waals surface area contributed by atoms with Crippen LogP contribution in [-0.4, -0.2) is 17.4 Å². The van der Waals surface area contributed by atoms with Gasteiger partial charge in [-0.05, 0) is 59.3 Å². The normalized spacial score (nSPS) is 10.2. The van der Waals surface area contributed by atoms with Gasteiger partial charge in [-0.25, -0.2) is 0 Å². The van der Waals surface area contributed by atoms with Crippen molar-refractivity contribution in [1.82, 2.24) is 4.98 Å². The molecule has 0 atom stereocenters. The minimum atomic E-state index is -0.0363. The largest absolute Gasteiger partial charge is 0.492 e. The van der Waals surface area contributed by atoms with Crippen LogP contribution in [0.25, 0.3) is 0 Å². The van der Waals surface area contributed by atoms with Crippen LogP contribution in [0.15, 0.2) is 42.7 Å². The van der Waals surface area contributed by atoms with Crippen LogP contribution in [0.1, 0.15) is 29.3 Å². The number of ketones is 1. The van der Waals surface area contributed by atoms with E-state index in [-0.39, 0.29) is 5.78 Å². The topological polar surface area (TPSA) is 39.2 Å². The summed E-state index contributed by atoms with van der Waals surface area (Å²) in [5, 5.41) is 0. The first-order chi connectivity index (χ1) is 9.20. The summed E-state index contributed by atoms with van der Waals surface area (Å²) in [5.74, 6) is 0.601. The molecule has 2 aromatic rings. The first-order valence-electron chi connectivity index (χ1n) is 6.09. The summed E-state index contributed by atoms with van der Waals surface area (Å²) in [6, 6.07) is 9.22. The van der Waals surface area contributed by atoms with Gasteiger partial charge in [0.1, 0.15) is 5.75 Å². The Kier molecular flexibility index (Phi) is 4.90. The Morgan fingerprint density at radius 1 is 1.21 bits per heavy atom.